The Kier molecular flexibility index (Phi) is 2.95. The fourth-order valence-electron chi connectivity index (χ4n) is 1.32. The molecule has 0 fully saturated rings. The van der Waals surface area contributed by atoms with Crippen LogP contribution in [0.2, 0.25) is 0 Å². The van der Waals surface area contributed by atoms with Crippen LogP contribution >= 0.6 is 0 Å². The molecule has 0 bridgehead atoms. The predicted molar refractivity (Wildman–Crippen MR) is 61.8 cm³/mol. The van der Waals surface area contributed by atoms with Gasteiger partial charge in [-0.2, -0.15) is 4.98 Å². The number of carbonyl (C=O) groups is 1. The van der Waals surface area contributed by atoms with Crippen molar-refractivity contribution in [2.45, 2.75) is 5.16 Å². The van der Waals surface area contributed by atoms with E-state index in [1.54, 1.807) is 0 Å². The van der Waals surface area contributed by atoms with E-state index in [9.17, 15) is 13.2 Å². The van der Waals surface area contributed by atoms with Crippen molar-refractivity contribution in [3.63, 3.8) is 0 Å². The molecule has 0 radical (unpaired) electrons. The van der Waals surface area contributed by atoms with Gasteiger partial charge in [0.1, 0.15) is 0 Å². The third-order valence-electron chi connectivity index (χ3n) is 2.16. The number of hydrogen-bond donors (Lipinski definition) is 0. The van der Waals surface area contributed by atoms with Gasteiger partial charge in [-0.1, -0.05) is 0 Å². The highest BCUT2D eigenvalue weighted by molar-refractivity contribution is 7.90. The normalized spacial score (nSPS) is 11.4. The molecule has 2 rings (SSSR count). The molecule has 8 heteroatoms. The van der Waals surface area contributed by atoms with Crippen molar-refractivity contribution in [2.24, 2.45) is 0 Å². The molecule has 0 saturated heterocycles. The van der Waals surface area contributed by atoms with Crippen LogP contribution in [0.4, 0.5) is 0 Å². The van der Waals surface area contributed by atoms with Crippen LogP contribution < -0.4 is 0 Å². The molecule has 2 aromatic rings. The third-order valence-corrected chi connectivity index (χ3v) is 3.02. The van der Waals surface area contributed by atoms with Gasteiger partial charge in [0, 0.05) is 24.0 Å². The fraction of sp³-hybridized carbons (Fsp3) is 0.200. The Labute approximate surface area is 103 Å². The van der Waals surface area contributed by atoms with Crippen molar-refractivity contribution in [1.82, 2.24) is 15.0 Å². The second kappa shape index (κ2) is 4.30. The fourth-order valence-corrected chi connectivity index (χ4v) is 1.81. The van der Waals surface area contributed by atoms with E-state index < -0.39 is 15.8 Å². The minimum Gasteiger partial charge on any atom is -0.465 e. The number of methoxy groups -OCH3 is 1. The minimum absolute atomic E-state index is 0.207. The number of hydrogen-bond acceptors (Lipinski definition) is 7. The Morgan fingerprint density at radius 3 is 2.61 bits per heavy atom. The maximum atomic E-state index is 11.3. The molecule has 0 saturated carbocycles. The van der Waals surface area contributed by atoms with Crippen molar-refractivity contribution >= 4 is 26.8 Å². The number of pyridine rings is 1. The van der Waals surface area contributed by atoms with E-state index in [-0.39, 0.29) is 16.4 Å². The van der Waals surface area contributed by atoms with E-state index in [1.807, 2.05) is 0 Å². The highest BCUT2D eigenvalue weighted by Gasteiger charge is 2.13. The summed E-state index contributed by atoms with van der Waals surface area (Å²) in [5.41, 5.74) is 0.457. The monoisotopic (exact) mass is 267 g/mol. The Bertz CT molecular complexity index is 727. The lowest BCUT2D eigenvalue weighted by atomic mass is 10.2. The maximum Gasteiger partial charge on any atom is 0.339 e. The summed E-state index contributed by atoms with van der Waals surface area (Å²) in [6, 6.07) is 1.49. The molecule has 0 unspecified atom stereocenters. The Morgan fingerprint density at radius 1 is 1.28 bits per heavy atom. The van der Waals surface area contributed by atoms with Crippen LogP contribution in [0.15, 0.2) is 23.6 Å². The molecule has 0 aromatic carbocycles. The average Bonchev–Trinajstić information content (AvgIpc) is 2.35. The largest absolute Gasteiger partial charge is 0.465 e. The van der Waals surface area contributed by atoms with Crippen molar-refractivity contribution in [1.29, 1.82) is 0 Å². The molecular weight excluding hydrogens is 258 g/mol. The number of nitrogens with zero attached hydrogens (tertiary/aromatic N) is 3. The van der Waals surface area contributed by atoms with E-state index in [4.69, 9.17) is 0 Å². The summed E-state index contributed by atoms with van der Waals surface area (Å²) < 4.78 is 27.1. The van der Waals surface area contributed by atoms with Crippen LogP contribution in [0.3, 0.4) is 0 Å². The molecule has 94 valence electrons. The standard InChI is InChI=1S/C10H9N3O4S/c1-17-9(14)7-3-6-4-12-10(18(2,15)16)13-8(6)11-5-7/h3-5H,1-2H3. The first-order chi connectivity index (χ1) is 8.41. The number of esters is 1. The Morgan fingerprint density at radius 2 is 2.00 bits per heavy atom. The lowest BCUT2D eigenvalue weighted by Crippen LogP contribution is -2.06. The third kappa shape index (κ3) is 2.28. The van der Waals surface area contributed by atoms with Crippen LogP contribution in [0.1, 0.15) is 10.4 Å². The van der Waals surface area contributed by atoms with Gasteiger partial charge < -0.3 is 4.74 Å². The molecule has 0 atom stereocenters. The summed E-state index contributed by atoms with van der Waals surface area (Å²) in [7, 11) is -2.22. The molecule has 0 N–H and O–H groups in total. The van der Waals surface area contributed by atoms with Gasteiger partial charge in [0.2, 0.25) is 15.0 Å². The zero-order chi connectivity index (χ0) is 13.3. The molecule has 2 aromatic heterocycles. The van der Waals surface area contributed by atoms with Gasteiger partial charge in [-0.25, -0.2) is 23.2 Å². The van der Waals surface area contributed by atoms with E-state index in [1.165, 1.54) is 25.6 Å². The lowest BCUT2D eigenvalue weighted by molar-refractivity contribution is 0.0600. The molecule has 0 amide bonds. The Hall–Kier alpha value is -2.09. The number of sulfone groups is 1. The molecular formula is C10H9N3O4S. The number of rotatable bonds is 2. The smallest absolute Gasteiger partial charge is 0.339 e. The average molecular weight is 267 g/mol. The van der Waals surface area contributed by atoms with E-state index in [2.05, 4.69) is 19.7 Å². The molecule has 0 spiro atoms. The summed E-state index contributed by atoms with van der Waals surface area (Å²) in [5, 5.41) is 0.165. The topological polar surface area (TPSA) is 99.1 Å². The zero-order valence-electron chi connectivity index (χ0n) is 9.61. The summed E-state index contributed by atoms with van der Waals surface area (Å²) in [6.45, 7) is 0. The van der Waals surface area contributed by atoms with E-state index in [0.29, 0.717) is 5.39 Å². The van der Waals surface area contributed by atoms with Gasteiger partial charge in [-0.05, 0) is 6.07 Å². The summed E-state index contributed by atoms with van der Waals surface area (Å²) in [6.07, 6.45) is 3.59. The van der Waals surface area contributed by atoms with Crippen LogP contribution in [0.5, 0.6) is 0 Å². The quantitative estimate of drug-likeness (QED) is 0.566. The minimum atomic E-state index is -3.48. The van der Waals surface area contributed by atoms with Crippen LogP contribution in [0.25, 0.3) is 11.0 Å². The lowest BCUT2D eigenvalue weighted by Gasteiger charge is -2.02. The highest BCUT2D eigenvalue weighted by atomic mass is 32.2. The predicted octanol–water partition coefficient (Wildman–Crippen LogP) is 0.215. The number of ether oxygens (including phenoxy) is 1. The van der Waals surface area contributed by atoms with E-state index >= 15 is 0 Å². The van der Waals surface area contributed by atoms with Crippen molar-refractivity contribution in [2.75, 3.05) is 13.4 Å². The van der Waals surface area contributed by atoms with Crippen molar-refractivity contribution in [3.05, 3.63) is 24.0 Å². The number of aromatic nitrogens is 3. The van der Waals surface area contributed by atoms with Gasteiger partial charge in [-0.3, -0.25) is 0 Å². The second-order valence-electron chi connectivity index (χ2n) is 3.55. The zero-order valence-corrected chi connectivity index (χ0v) is 10.4. The molecule has 0 aliphatic carbocycles. The van der Waals surface area contributed by atoms with Crippen LogP contribution in [0, 0.1) is 0 Å². The van der Waals surface area contributed by atoms with Crippen molar-refractivity contribution < 1.29 is 17.9 Å². The second-order valence-corrected chi connectivity index (χ2v) is 5.46. The van der Waals surface area contributed by atoms with Gasteiger partial charge in [0.05, 0.1) is 12.7 Å². The first-order valence-electron chi connectivity index (χ1n) is 4.83. The van der Waals surface area contributed by atoms with Gasteiger partial charge >= 0.3 is 5.97 Å². The van der Waals surface area contributed by atoms with Gasteiger partial charge in [0.25, 0.3) is 0 Å². The first kappa shape index (κ1) is 12.4. The molecule has 2 heterocycles. The summed E-state index contributed by atoms with van der Waals surface area (Å²) in [4.78, 5) is 22.7. The molecule has 7 nitrogen and oxygen atoms in total. The van der Waals surface area contributed by atoms with E-state index in [0.717, 1.165) is 6.26 Å². The van der Waals surface area contributed by atoms with Crippen LogP contribution in [-0.4, -0.2) is 42.7 Å². The van der Waals surface area contributed by atoms with Crippen molar-refractivity contribution in [3.8, 4) is 0 Å². The number of carbonyl (C=O) groups excluding carboxylic acids is 1. The maximum absolute atomic E-state index is 11.3. The first-order valence-corrected chi connectivity index (χ1v) is 6.72. The number of fused-ring (bicyclic) bond motifs is 1. The molecule has 0 aliphatic heterocycles. The highest BCUT2D eigenvalue weighted by Crippen LogP contribution is 2.13. The SMILES string of the molecule is COC(=O)c1cnc2nc(S(C)(=O)=O)ncc2c1. The molecule has 0 aliphatic rings. The van der Waals surface area contributed by atoms with Gasteiger partial charge in [0.15, 0.2) is 5.65 Å². The summed E-state index contributed by atoms with van der Waals surface area (Å²) >= 11 is 0. The summed E-state index contributed by atoms with van der Waals surface area (Å²) in [5.74, 6) is -0.531. The van der Waals surface area contributed by atoms with Gasteiger partial charge in [-0.15, -0.1) is 0 Å². The van der Waals surface area contributed by atoms with Crippen LogP contribution in [-0.2, 0) is 14.6 Å². The molecule has 18 heavy (non-hydrogen) atoms. The Balaban J connectivity index is 2.59.